The third kappa shape index (κ3) is 4.36. The van der Waals surface area contributed by atoms with E-state index in [1.165, 1.54) is 24.4 Å². The summed E-state index contributed by atoms with van der Waals surface area (Å²) in [6, 6.07) is 1.86. The van der Waals surface area contributed by atoms with Crippen molar-refractivity contribution in [3.63, 3.8) is 0 Å². The Morgan fingerprint density at radius 1 is 1.16 bits per heavy atom. The average molecular weight is 307 g/mol. The molecular weight excluding hydrogens is 296 g/mol. The molecule has 0 spiro atoms. The molecular formula is C10H11F6NOS. The molecule has 0 aliphatic carbocycles. The molecule has 0 amide bonds. The number of rotatable bonds is 4. The van der Waals surface area contributed by atoms with Gasteiger partial charge in [-0.3, -0.25) is 0 Å². The van der Waals surface area contributed by atoms with Gasteiger partial charge in [0.2, 0.25) is 6.10 Å². The van der Waals surface area contributed by atoms with Crippen LogP contribution in [-0.4, -0.2) is 24.5 Å². The van der Waals surface area contributed by atoms with Gasteiger partial charge in [0.25, 0.3) is 0 Å². The zero-order chi connectivity index (χ0) is 14.8. The van der Waals surface area contributed by atoms with Crippen molar-refractivity contribution in [3.8, 4) is 0 Å². The molecule has 2 unspecified atom stereocenters. The van der Waals surface area contributed by atoms with E-state index in [1.54, 1.807) is 0 Å². The number of thiophene rings is 1. The summed E-state index contributed by atoms with van der Waals surface area (Å²) >= 11 is 0.983. The minimum atomic E-state index is -5.54. The highest BCUT2D eigenvalue weighted by Crippen LogP contribution is 2.39. The molecule has 1 rings (SSSR count). The van der Waals surface area contributed by atoms with E-state index in [9.17, 15) is 26.3 Å². The van der Waals surface area contributed by atoms with Gasteiger partial charge in [0.05, 0.1) is 0 Å². The summed E-state index contributed by atoms with van der Waals surface area (Å²) in [6.07, 6.45) is -16.4. The number of hydrogen-bond acceptors (Lipinski definition) is 3. The van der Waals surface area contributed by atoms with Gasteiger partial charge >= 0.3 is 12.4 Å². The second-order valence-electron chi connectivity index (χ2n) is 3.89. The van der Waals surface area contributed by atoms with Crippen LogP contribution in [0.3, 0.4) is 0 Å². The third-order valence-electron chi connectivity index (χ3n) is 2.18. The van der Waals surface area contributed by atoms with Crippen LogP contribution < -0.4 is 5.73 Å². The van der Waals surface area contributed by atoms with E-state index in [2.05, 4.69) is 4.74 Å². The van der Waals surface area contributed by atoms with Crippen molar-refractivity contribution in [1.82, 2.24) is 0 Å². The molecule has 0 fully saturated rings. The lowest BCUT2D eigenvalue weighted by Gasteiger charge is -2.29. The summed E-state index contributed by atoms with van der Waals surface area (Å²) in [5.74, 6) is 0. The van der Waals surface area contributed by atoms with Crippen LogP contribution in [0.5, 0.6) is 0 Å². The van der Waals surface area contributed by atoms with Gasteiger partial charge in [0.1, 0.15) is 6.10 Å². The van der Waals surface area contributed by atoms with E-state index in [1.807, 2.05) is 0 Å². The van der Waals surface area contributed by atoms with Crippen LogP contribution in [0.25, 0.3) is 0 Å². The van der Waals surface area contributed by atoms with Gasteiger partial charge in [-0.1, -0.05) is 6.07 Å². The quantitative estimate of drug-likeness (QED) is 0.862. The molecule has 19 heavy (non-hydrogen) atoms. The average Bonchev–Trinajstić information content (AvgIpc) is 2.66. The second-order valence-corrected chi connectivity index (χ2v) is 4.87. The van der Waals surface area contributed by atoms with Gasteiger partial charge in [-0.25, -0.2) is 0 Å². The van der Waals surface area contributed by atoms with Gasteiger partial charge in [-0.15, -0.1) is 11.3 Å². The predicted octanol–water partition coefficient (Wildman–Crippen LogP) is 3.65. The van der Waals surface area contributed by atoms with Crippen LogP contribution in [0.4, 0.5) is 26.3 Å². The van der Waals surface area contributed by atoms with Gasteiger partial charge in [-0.05, 0) is 18.4 Å². The summed E-state index contributed by atoms with van der Waals surface area (Å²) in [7, 11) is 0. The van der Waals surface area contributed by atoms with Gasteiger partial charge in [0.15, 0.2) is 0 Å². The summed E-state index contributed by atoms with van der Waals surface area (Å²) in [5, 5.41) is 1.52. The van der Waals surface area contributed by atoms with Crippen LogP contribution in [0.2, 0.25) is 0 Å². The van der Waals surface area contributed by atoms with E-state index >= 15 is 0 Å². The maximum atomic E-state index is 12.4. The first-order chi connectivity index (χ1) is 8.53. The summed E-state index contributed by atoms with van der Waals surface area (Å²) in [4.78, 5) is 0.216. The van der Waals surface area contributed by atoms with Crippen molar-refractivity contribution in [2.24, 2.45) is 5.73 Å². The molecule has 1 aromatic heterocycles. The summed E-state index contributed by atoms with van der Waals surface area (Å²) < 4.78 is 78.6. The van der Waals surface area contributed by atoms with Crippen LogP contribution in [-0.2, 0) is 4.74 Å². The molecule has 110 valence electrons. The number of ether oxygens (including phenoxy) is 1. The van der Waals surface area contributed by atoms with Crippen molar-refractivity contribution in [1.29, 1.82) is 0 Å². The van der Waals surface area contributed by atoms with Gasteiger partial charge < -0.3 is 10.5 Å². The standard InChI is InChI=1S/C10H11F6NOS/c1-5(17)7(6-3-2-4-19-6)18-8(9(11,12)13)10(14,15)16/h2-5,7-8H,17H2,1H3. The maximum Gasteiger partial charge on any atom is 0.423 e. The maximum absolute atomic E-state index is 12.4. The largest absolute Gasteiger partial charge is 0.423 e. The fraction of sp³-hybridized carbons (Fsp3) is 0.600. The van der Waals surface area contributed by atoms with Gasteiger partial charge in [-0.2, -0.15) is 26.3 Å². The van der Waals surface area contributed by atoms with Crippen LogP contribution in [0, 0.1) is 0 Å². The highest BCUT2D eigenvalue weighted by Gasteiger charge is 2.59. The SMILES string of the molecule is CC(N)C(OC(C(F)(F)F)C(F)(F)F)c1cccs1. The molecule has 0 aliphatic heterocycles. The molecule has 0 bridgehead atoms. The van der Waals surface area contributed by atoms with E-state index in [4.69, 9.17) is 5.73 Å². The molecule has 1 aromatic rings. The minimum absolute atomic E-state index is 0.216. The van der Waals surface area contributed by atoms with Crippen molar-refractivity contribution in [2.45, 2.75) is 37.5 Å². The molecule has 9 heteroatoms. The number of alkyl halides is 6. The molecule has 0 radical (unpaired) electrons. The first kappa shape index (κ1) is 16.3. The molecule has 1 heterocycles. The smallest absolute Gasteiger partial charge is 0.350 e. The fourth-order valence-corrected chi connectivity index (χ4v) is 2.27. The number of hydrogen-bond donors (Lipinski definition) is 1. The normalized spacial score (nSPS) is 16.7. The predicted molar refractivity (Wildman–Crippen MR) is 57.7 cm³/mol. The highest BCUT2D eigenvalue weighted by atomic mass is 32.1. The van der Waals surface area contributed by atoms with Crippen molar-refractivity contribution < 1.29 is 31.1 Å². The first-order valence-electron chi connectivity index (χ1n) is 5.11. The molecule has 0 aliphatic rings. The Hall–Kier alpha value is -0.800. The van der Waals surface area contributed by atoms with Crippen molar-refractivity contribution >= 4 is 11.3 Å². The van der Waals surface area contributed by atoms with Crippen molar-refractivity contribution in [3.05, 3.63) is 22.4 Å². The van der Waals surface area contributed by atoms with E-state index < -0.39 is 30.6 Å². The van der Waals surface area contributed by atoms with E-state index in [0.29, 0.717) is 0 Å². The Kier molecular flexibility index (Phi) is 4.86. The lowest BCUT2D eigenvalue weighted by molar-refractivity contribution is -0.332. The summed E-state index contributed by atoms with van der Waals surface area (Å²) in [5.41, 5.74) is 5.41. The van der Waals surface area contributed by atoms with Crippen LogP contribution >= 0.6 is 11.3 Å². The minimum Gasteiger partial charge on any atom is -0.350 e. The second kappa shape index (κ2) is 5.68. The lowest BCUT2D eigenvalue weighted by atomic mass is 10.1. The van der Waals surface area contributed by atoms with E-state index in [0.717, 1.165) is 11.3 Å². The Morgan fingerprint density at radius 2 is 1.68 bits per heavy atom. The monoisotopic (exact) mass is 307 g/mol. The Balaban J connectivity index is 2.99. The Bertz CT molecular complexity index is 372. The topological polar surface area (TPSA) is 35.2 Å². The van der Waals surface area contributed by atoms with E-state index in [-0.39, 0.29) is 4.88 Å². The molecule has 2 atom stereocenters. The lowest BCUT2D eigenvalue weighted by Crippen LogP contribution is -2.46. The number of halogens is 6. The molecule has 0 saturated carbocycles. The van der Waals surface area contributed by atoms with Crippen LogP contribution in [0.15, 0.2) is 17.5 Å². The fourth-order valence-electron chi connectivity index (χ4n) is 1.39. The van der Waals surface area contributed by atoms with Gasteiger partial charge in [0, 0.05) is 10.9 Å². The molecule has 0 aromatic carbocycles. The van der Waals surface area contributed by atoms with Crippen LogP contribution in [0.1, 0.15) is 17.9 Å². The zero-order valence-electron chi connectivity index (χ0n) is 9.63. The zero-order valence-corrected chi connectivity index (χ0v) is 10.4. The highest BCUT2D eigenvalue weighted by molar-refractivity contribution is 7.10. The van der Waals surface area contributed by atoms with Crippen molar-refractivity contribution in [2.75, 3.05) is 0 Å². The third-order valence-corrected chi connectivity index (χ3v) is 3.11. The Morgan fingerprint density at radius 3 is 2.00 bits per heavy atom. The Labute approximate surface area is 109 Å². The molecule has 2 nitrogen and oxygen atoms in total. The summed E-state index contributed by atoms with van der Waals surface area (Å²) in [6.45, 7) is 1.29. The first-order valence-corrected chi connectivity index (χ1v) is 5.99. The number of nitrogens with two attached hydrogens (primary N) is 1. The molecule has 0 saturated heterocycles. The molecule has 2 N–H and O–H groups in total.